The van der Waals surface area contributed by atoms with Gasteiger partial charge in [0.2, 0.25) is 5.91 Å². The molecule has 7 heteroatoms. The number of benzene rings is 1. The van der Waals surface area contributed by atoms with Gasteiger partial charge < -0.3 is 25.8 Å². The zero-order chi connectivity index (χ0) is 16.3. The molecule has 0 bridgehead atoms. The highest BCUT2D eigenvalue weighted by molar-refractivity contribution is 6.00. The van der Waals surface area contributed by atoms with E-state index in [1.54, 1.807) is 6.07 Å². The number of rotatable bonds is 4. The first kappa shape index (κ1) is 16.1. The Labute approximate surface area is 129 Å². The van der Waals surface area contributed by atoms with Gasteiger partial charge in [0.05, 0.1) is 12.7 Å². The Hall–Kier alpha value is -2.28. The van der Waals surface area contributed by atoms with E-state index in [4.69, 9.17) is 10.5 Å². The number of nitrogens with two attached hydrogens (primary N) is 1. The number of amides is 2. The summed E-state index contributed by atoms with van der Waals surface area (Å²) in [4.78, 5) is 26.1. The van der Waals surface area contributed by atoms with Crippen molar-refractivity contribution in [3.8, 4) is 11.5 Å². The Bertz CT molecular complexity index is 576. The normalized spacial score (nSPS) is 20.8. The van der Waals surface area contributed by atoms with E-state index >= 15 is 0 Å². The molecule has 0 spiro atoms. The maximum absolute atomic E-state index is 12.6. The predicted octanol–water partition coefficient (Wildman–Crippen LogP) is 0.0787. The molecule has 2 amide bonds. The van der Waals surface area contributed by atoms with Gasteiger partial charge in [-0.3, -0.25) is 9.59 Å². The van der Waals surface area contributed by atoms with Crippen molar-refractivity contribution in [2.75, 3.05) is 20.2 Å². The van der Waals surface area contributed by atoms with Gasteiger partial charge in [-0.05, 0) is 25.5 Å². The van der Waals surface area contributed by atoms with E-state index in [-0.39, 0.29) is 29.8 Å². The molecule has 1 aromatic rings. The molecule has 4 N–H and O–H groups in total. The van der Waals surface area contributed by atoms with E-state index in [0.717, 1.165) is 0 Å². The average molecular weight is 307 g/mol. The van der Waals surface area contributed by atoms with Crippen LogP contribution in [0.25, 0.3) is 0 Å². The molecule has 22 heavy (non-hydrogen) atoms. The number of aromatic hydroxyl groups is 1. The molecule has 1 heterocycles. The molecule has 120 valence electrons. The lowest BCUT2D eigenvalue weighted by Crippen LogP contribution is -2.45. The number of carbonyl (C=O) groups excluding carboxylic acids is 2. The number of likely N-dealkylation sites (N-methyl/N-ethyl adjacent to an activating group) is 1. The highest BCUT2D eigenvalue weighted by Gasteiger charge is 2.38. The van der Waals surface area contributed by atoms with Crippen molar-refractivity contribution >= 4 is 11.8 Å². The van der Waals surface area contributed by atoms with Gasteiger partial charge in [-0.15, -0.1) is 0 Å². The van der Waals surface area contributed by atoms with Crippen molar-refractivity contribution < 1.29 is 19.4 Å². The summed E-state index contributed by atoms with van der Waals surface area (Å²) in [5.74, 6) is -0.368. The second kappa shape index (κ2) is 6.65. The van der Waals surface area contributed by atoms with Crippen LogP contribution in [-0.4, -0.2) is 54.1 Å². The van der Waals surface area contributed by atoms with E-state index in [9.17, 15) is 14.7 Å². The molecule has 1 aliphatic heterocycles. The first-order valence-corrected chi connectivity index (χ1v) is 7.19. The van der Waals surface area contributed by atoms with E-state index in [1.807, 2.05) is 6.92 Å². The average Bonchev–Trinajstić information content (AvgIpc) is 2.88. The SMILES string of the molecule is CCNC(=O)[C@@H]1C[C@@H](N)CN1C(=O)c1ccc(OC)cc1O. The number of phenols is 1. The Morgan fingerprint density at radius 2 is 2.23 bits per heavy atom. The van der Waals surface area contributed by atoms with Gasteiger partial charge >= 0.3 is 0 Å². The fourth-order valence-electron chi connectivity index (χ4n) is 2.61. The second-order valence-corrected chi connectivity index (χ2v) is 5.25. The number of likely N-dealkylation sites (tertiary alicyclic amines) is 1. The maximum Gasteiger partial charge on any atom is 0.258 e. The molecule has 1 aliphatic rings. The Morgan fingerprint density at radius 3 is 2.82 bits per heavy atom. The summed E-state index contributed by atoms with van der Waals surface area (Å²) in [5, 5.41) is 12.7. The van der Waals surface area contributed by atoms with Crippen molar-refractivity contribution in [1.29, 1.82) is 0 Å². The number of nitrogens with zero attached hydrogens (tertiary/aromatic N) is 1. The molecule has 0 saturated carbocycles. The summed E-state index contributed by atoms with van der Waals surface area (Å²) in [6, 6.07) is 3.57. The van der Waals surface area contributed by atoms with Gasteiger partial charge in [0.15, 0.2) is 0 Å². The third-order valence-electron chi connectivity index (χ3n) is 3.68. The molecule has 0 aliphatic carbocycles. The van der Waals surface area contributed by atoms with Crippen molar-refractivity contribution in [1.82, 2.24) is 10.2 Å². The molecule has 2 atom stereocenters. The molecule has 2 rings (SSSR count). The minimum absolute atomic E-state index is 0.129. The monoisotopic (exact) mass is 307 g/mol. The smallest absolute Gasteiger partial charge is 0.258 e. The molecular weight excluding hydrogens is 286 g/mol. The third-order valence-corrected chi connectivity index (χ3v) is 3.68. The van der Waals surface area contributed by atoms with Crippen LogP contribution in [0.3, 0.4) is 0 Å². The summed E-state index contributed by atoms with van der Waals surface area (Å²) in [7, 11) is 1.47. The first-order valence-electron chi connectivity index (χ1n) is 7.19. The zero-order valence-corrected chi connectivity index (χ0v) is 12.7. The molecular formula is C15H21N3O4. The fraction of sp³-hybridized carbons (Fsp3) is 0.467. The van der Waals surface area contributed by atoms with E-state index in [0.29, 0.717) is 18.7 Å². The molecule has 0 aromatic heterocycles. The van der Waals surface area contributed by atoms with Crippen LogP contribution >= 0.6 is 0 Å². The number of hydrogen-bond donors (Lipinski definition) is 3. The largest absolute Gasteiger partial charge is 0.507 e. The molecule has 0 radical (unpaired) electrons. The van der Waals surface area contributed by atoms with Crippen LogP contribution in [0.1, 0.15) is 23.7 Å². The Balaban J connectivity index is 2.25. The minimum atomic E-state index is -0.607. The predicted molar refractivity (Wildman–Crippen MR) is 80.8 cm³/mol. The number of methoxy groups -OCH3 is 1. The number of ether oxygens (including phenoxy) is 1. The standard InChI is InChI=1S/C15H21N3O4/c1-3-17-14(20)12-6-9(16)8-18(12)15(21)11-5-4-10(22-2)7-13(11)19/h4-5,7,9,12,19H,3,6,8,16H2,1-2H3,(H,17,20)/t9-,12+/m1/s1. The van der Waals surface area contributed by atoms with E-state index in [2.05, 4.69) is 5.32 Å². The van der Waals surface area contributed by atoms with Crippen LogP contribution in [0.15, 0.2) is 18.2 Å². The van der Waals surface area contributed by atoms with Crippen LogP contribution in [-0.2, 0) is 4.79 Å². The van der Waals surface area contributed by atoms with Gasteiger partial charge in [0.25, 0.3) is 5.91 Å². The summed E-state index contributed by atoms with van der Waals surface area (Å²) in [6.07, 6.45) is 0.411. The lowest BCUT2D eigenvalue weighted by Gasteiger charge is -2.24. The summed E-state index contributed by atoms with van der Waals surface area (Å²) in [6.45, 7) is 2.58. The van der Waals surface area contributed by atoms with Crippen LogP contribution < -0.4 is 15.8 Å². The lowest BCUT2D eigenvalue weighted by atomic mass is 10.1. The van der Waals surface area contributed by atoms with E-state index in [1.165, 1.54) is 24.1 Å². The summed E-state index contributed by atoms with van der Waals surface area (Å²) >= 11 is 0. The number of carbonyl (C=O) groups is 2. The maximum atomic E-state index is 12.6. The molecule has 1 saturated heterocycles. The number of nitrogens with one attached hydrogen (secondary N) is 1. The first-order chi connectivity index (χ1) is 10.5. The van der Waals surface area contributed by atoms with Crippen molar-refractivity contribution in [3.63, 3.8) is 0 Å². The summed E-state index contributed by atoms with van der Waals surface area (Å²) < 4.78 is 4.99. The molecule has 0 unspecified atom stereocenters. The van der Waals surface area contributed by atoms with Crippen molar-refractivity contribution in [2.45, 2.75) is 25.4 Å². The Morgan fingerprint density at radius 1 is 1.50 bits per heavy atom. The molecule has 1 aromatic carbocycles. The van der Waals surface area contributed by atoms with Crippen LogP contribution in [0, 0.1) is 0 Å². The van der Waals surface area contributed by atoms with Gasteiger partial charge in [-0.2, -0.15) is 0 Å². The quantitative estimate of drug-likeness (QED) is 0.730. The number of hydrogen-bond acceptors (Lipinski definition) is 5. The third kappa shape index (κ3) is 3.14. The Kier molecular flexibility index (Phi) is 4.87. The molecule has 7 nitrogen and oxygen atoms in total. The van der Waals surface area contributed by atoms with Gasteiger partial charge in [-0.25, -0.2) is 0 Å². The van der Waals surface area contributed by atoms with Crippen LogP contribution in [0.5, 0.6) is 11.5 Å². The lowest BCUT2D eigenvalue weighted by molar-refractivity contribution is -0.124. The van der Waals surface area contributed by atoms with Gasteiger partial charge in [0, 0.05) is 25.2 Å². The minimum Gasteiger partial charge on any atom is -0.507 e. The van der Waals surface area contributed by atoms with Gasteiger partial charge in [-0.1, -0.05) is 0 Å². The zero-order valence-electron chi connectivity index (χ0n) is 12.7. The van der Waals surface area contributed by atoms with Crippen LogP contribution in [0.4, 0.5) is 0 Å². The van der Waals surface area contributed by atoms with Crippen molar-refractivity contribution in [2.24, 2.45) is 5.73 Å². The van der Waals surface area contributed by atoms with Gasteiger partial charge in [0.1, 0.15) is 17.5 Å². The van der Waals surface area contributed by atoms with Crippen molar-refractivity contribution in [3.05, 3.63) is 23.8 Å². The van der Waals surface area contributed by atoms with E-state index < -0.39 is 11.9 Å². The second-order valence-electron chi connectivity index (χ2n) is 5.25. The topological polar surface area (TPSA) is 105 Å². The molecule has 1 fully saturated rings. The summed E-state index contributed by atoms with van der Waals surface area (Å²) in [5.41, 5.74) is 6.02. The number of phenolic OH excluding ortho intramolecular Hbond substituents is 1. The highest BCUT2D eigenvalue weighted by atomic mass is 16.5. The van der Waals surface area contributed by atoms with Crippen LogP contribution in [0.2, 0.25) is 0 Å². The fourth-order valence-corrected chi connectivity index (χ4v) is 2.61. The highest BCUT2D eigenvalue weighted by Crippen LogP contribution is 2.27.